The minimum atomic E-state index is 0.759. The Labute approximate surface area is 110 Å². The van der Waals surface area contributed by atoms with Gasteiger partial charge in [-0.2, -0.15) is 0 Å². The molecule has 2 aliphatic heterocycles. The number of guanidine groups is 2. The summed E-state index contributed by atoms with van der Waals surface area (Å²) in [6, 6.07) is 0. The molecule has 6 heteroatoms. The fraction of sp³-hybridized carbons (Fsp3) is 0.833. The highest BCUT2D eigenvalue weighted by Crippen LogP contribution is 2.05. The first kappa shape index (κ1) is 13.0. The summed E-state index contributed by atoms with van der Waals surface area (Å²) in [5, 5.41) is 0. The van der Waals surface area contributed by atoms with Crippen LogP contribution in [0.25, 0.3) is 0 Å². The lowest BCUT2D eigenvalue weighted by Gasteiger charge is -2.16. The van der Waals surface area contributed by atoms with Gasteiger partial charge in [-0.3, -0.25) is 9.98 Å². The standard InChI is InChI=1S/C12H24N6/c1-15-7-8-16(2)11(15)13-5-6-14-12-17(3)9-10-18(12)4/h5-10H2,1-4H3. The molecule has 2 fully saturated rings. The molecule has 18 heavy (non-hydrogen) atoms. The number of aliphatic imine (C=N–C) groups is 2. The van der Waals surface area contributed by atoms with E-state index in [2.05, 4.69) is 57.8 Å². The van der Waals surface area contributed by atoms with Crippen LogP contribution in [0.4, 0.5) is 0 Å². The van der Waals surface area contributed by atoms with Crippen molar-refractivity contribution in [1.29, 1.82) is 0 Å². The van der Waals surface area contributed by atoms with Crippen molar-refractivity contribution >= 4 is 11.9 Å². The molecule has 0 spiro atoms. The van der Waals surface area contributed by atoms with Crippen molar-refractivity contribution in [2.75, 3.05) is 67.5 Å². The van der Waals surface area contributed by atoms with Crippen LogP contribution in [0.1, 0.15) is 0 Å². The average Bonchev–Trinajstić information content (AvgIpc) is 2.82. The zero-order valence-electron chi connectivity index (χ0n) is 11.9. The van der Waals surface area contributed by atoms with Crippen molar-refractivity contribution in [1.82, 2.24) is 19.6 Å². The molecule has 0 bridgehead atoms. The Morgan fingerprint density at radius 2 is 0.944 bits per heavy atom. The van der Waals surface area contributed by atoms with Gasteiger partial charge in [0.2, 0.25) is 0 Å². The van der Waals surface area contributed by atoms with E-state index >= 15 is 0 Å². The fourth-order valence-corrected chi connectivity index (χ4v) is 2.37. The number of likely N-dealkylation sites (N-methyl/N-ethyl adjacent to an activating group) is 4. The SMILES string of the molecule is CN1CCN(C)C1=NCCN=C1N(C)CCN1C. The first-order valence-corrected chi connectivity index (χ1v) is 6.53. The van der Waals surface area contributed by atoms with Crippen LogP contribution in [-0.2, 0) is 0 Å². The van der Waals surface area contributed by atoms with Crippen LogP contribution in [0.5, 0.6) is 0 Å². The molecule has 0 saturated carbocycles. The van der Waals surface area contributed by atoms with E-state index in [4.69, 9.17) is 0 Å². The minimum Gasteiger partial charge on any atom is -0.344 e. The summed E-state index contributed by atoms with van der Waals surface area (Å²) >= 11 is 0. The Morgan fingerprint density at radius 1 is 0.667 bits per heavy atom. The van der Waals surface area contributed by atoms with E-state index in [0.717, 1.165) is 51.2 Å². The molecule has 0 aromatic carbocycles. The molecule has 2 aliphatic rings. The zero-order valence-corrected chi connectivity index (χ0v) is 11.9. The summed E-state index contributed by atoms with van der Waals surface area (Å²) in [5.41, 5.74) is 0. The maximum Gasteiger partial charge on any atom is 0.196 e. The van der Waals surface area contributed by atoms with E-state index in [9.17, 15) is 0 Å². The van der Waals surface area contributed by atoms with E-state index in [0.29, 0.717) is 0 Å². The molecule has 0 aromatic heterocycles. The molecule has 0 aliphatic carbocycles. The van der Waals surface area contributed by atoms with Crippen LogP contribution in [0.15, 0.2) is 9.98 Å². The van der Waals surface area contributed by atoms with Crippen LogP contribution >= 0.6 is 0 Å². The lowest BCUT2D eigenvalue weighted by atomic mass is 10.6. The number of nitrogens with zero attached hydrogens (tertiary/aromatic N) is 6. The van der Waals surface area contributed by atoms with Gasteiger partial charge in [0.15, 0.2) is 11.9 Å². The first-order valence-electron chi connectivity index (χ1n) is 6.53. The van der Waals surface area contributed by atoms with Crippen molar-refractivity contribution in [2.24, 2.45) is 9.98 Å². The second-order valence-corrected chi connectivity index (χ2v) is 5.05. The van der Waals surface area contributed by atoms with Crippen molar-refractivity contribution in [3.8, 4) is 0 Å². The van der Waals surface area contributed by atoms with Gasteiger partial charge in [-0.1, -0.05) is 0 Å². The molecule has 2 heterocycles. The van der Waals surface area contributed by atoms with Gasteiger partial charge in [0.25, 0.3) is 0 Å². The maximum absolute atomic E-state index is 4.62. The molecule has 0 amide bonds. The van der Waals surface area contributed by atoms with Gasteiger partial charge in [-0.25, -0.2) is 0 Å². The molecule has 2 rings (SSSR count). The quantitative estimate of drug-likeness (QED) is 0.632. The normalized spacial score (nSPS) is 20.2. The molecule has 0 radical (unpaired) electrons. The third-order valence-corrected chi connectivity index (χ3v) is 3.51. The Balaban J connectivity index is 1.85. The summed E-state index contributed by atoms with van der Waals surface area (Å²) in [6.07, 6.45) is 0. The topological polar surface area (TPSA) is 37.7 Å². The molecular weight excluding hydrogens is 228 g/mol. The van der Waals surface area contributed by atoms with Crippen LogP contribution in [0.2, 0.25) is 0 Å². The third-order valence-electron chi connectivity index (χ3n) is 3.51. The van der Waals surface area contributed by atoms with E-state index in [-0.39, 0.29) is 0 Å². The van der Waals surface area contributed by atoms with E-state index in [1.165, 1.54) is 0 Å². The smallest absolute Gasteiger partial charge is 0.196 e. The lowest BCUT2D eigenvalue weighted by molar-refractivity contribution is 0.553. The minimum absolute atomic E-state index is 0.759. The monoisotopic (exact) mass is 252 g/mol. The van der Waals surface area contributed by atoms with E-state index < -0.39 is 0 Å². The van der Waals surface area contributed by atoms with Crippen LogP contribution in [-0.4, -0.2) is 99.0 Å². The van der Waals surface area contributed by atoms with Crippen molar-refractivity contribution in [3.05, 3.63) is 0 Å². The lowest BCUT2D eigenvalue weighted by Crippen LogP contribution is -2.30. The van der Waals surface area contributed by atoms with Crippen molar-refractivity contribution < 1.29 is 0 Å². The van der Waals surface area contributed by atoms with E-state index in [1.807, 2.05) is 0 Å². The van der Waals surface area contributed by atoms with Gasteiger partial charge >= 0.3 is 0 Å². The molecule has 2 saturated heterocycles. The highest BCUT2D eigenvalue weighted by Gasteiger charge is 2.20. The zero-order chi connectivity index (χ0) is 13.1. The first-order chi connectivity index (χ1) is 8.59. The predicted octanol–water partition coefficient (Wildman–Crippen LogP) is -0.547. The second-order valence-electron chi connectivity index (χ2n) is 5.05. The molecule has 0 unspecified atom stereocenters. The van der Waals surface area contributed by atoms with Gasteiger partial charge in [0.1, 0.15) is 0 Å². The third kappa shape index (κ3) is 2.68. The van der Waals surface area contributed by atoms with Gasteiger partial charge < -0.3 is 19.6 Å². The Morgan fingerprint density at radius 3 is 1.22 bits per heavy atom. The highest BCUT2D eigenvalue weighted by atomic mass is 15.4. The summed E-state index contributed by atoms with van der Waals surface area (Å²) in [7, 11) is 8.36. The maximum atomic E-state index is 4.62. The summed E-state index contributed by atoms with van der Waals surface area (Å²) < 4.78 is 0. The van der Waals surface area contributed by atoms with Crippen LogP contribution in [0.3, 0.4) is 0 Å². The average molecular weight is 252 g/mol. The summed E-state index contributed by atoms with van der Waals surface area (Å²) in [4.78, 5) is 18.0. The molecular formula is C12H24N6. The summed E-state index contributed by atoms with van der Waals surface area (Å²) in [5.74, 6) is 2.17. The fourth-order valence-electron chi connectivity index (χ4n) is 2.37. The van der Waals surface area contributed by atoms with Gasteiger partial charge in [-0.05, 0) is 0 Å². The van der Waals surface area contributed by atoms with Crippen LogP contribution < -0.4 is 0 Å². The number of rotatable bonds is 3. The number of hydrogen-bond acceptors (Lipinski definition) is 2. The van der Waals surface area contributed by atoms with Crippen LogP contribution in [0, 0.1) is 0 Å². The van der Waals surface area contributed by atoms with Gasteiger partial charge in [0.05, 0.1) is 13.1 Å². The largest absolute Gasteiger partial charge is 0.344 e. The molecule has 0 N–H and O–H groups in total. The Hall–Kier alpha value is -1.46. The summed E-state index contributed by atoms with van der Waals surface area (Å²) in [6.45, 7) is 5.78. The van der Waals surface area contributed by atoms with Gasteiger partial charge in [-0.15, -0.1) is 0 Å². The Bertz CT molecular complexity index is 292. The predicted molar refractivity (Wildman–Crippen MR) is 75.1 cm³/mol. The molecule has 0 aromatic rings. The van der Waals surface area contributed by atoms with Crippen molar-refractivity contribution in [3.63, 3.8) is 0 Å². The number of hydrogen-bond donors (Lipinski definition) is 0. The van der Waals surface area contributed by atoms with Crippen molar-refractivity contribution in [2.45, 2.75) is 0 Å². The molecule has 102 valence electrons. The molecule has 0 atom stereocenters. The van der Waals surface area contributed by atoms with Gasteiger partial charge in [0, 0.05) is 54.4 Å². The highest BCUT2D eigenvalue weighted by molar-refractivity contribution is 5.82. The second kappa shape index (κ2) is 5.46. The Kier molecular flexibility index (Phi) is 3.93. The van der Waals surface area contributed by atoms with E-state index in [1.54, 1.807) is 0 Å². The molecule has 6 nitrogen and oxygen atoms in total.